The fourth-order valence-corrected chi connectivity index (χ4v) is 13.5. The van der Waals surface area contributed by atoms with Crippen molar-refractivity contribution in [1.29, 1.82) is 0 Å². The van der Waals surface area contributed by atoms with E-state index >= 15 is 0 Å². The van der Waals surface area contributed by atoms with E-state index in [9.17, 15) is 0 Å². The van der Waals surface area contributed by atoms with Gasteiger partial charge < -0.3 is 14.7 Å². The number of nitrogens with zero attached hydrogens (tertiary/aromatic N) is 3. The van der Waals surface area contributed by atoms with E-state index in [4.69, 9.17) is 0 Å². The van der Waals surface area contributed by atoms with Gasteiger partial charge in [0.2, 0.25) is 0 Å². The van der Waals surface area contributed by atoms with Gasteiger partial charge in [-0.15, -0.1) is 0 Å². The van der Waals surface area contributed by atoms with Crippen LogP contribution in [0.3, 0.4) is 0 Å². The van der Waals surface area contributed by atoms with E-state index in [1.54, 1.807) is 0 Å². The van der Waals surface area contributed by atoms with Crippen LogP contribution in [0.2, 0.25) is 0 Å². The second kappa shape index (κ2) is 22.9. The van der Waals surface area contributed by atoms with Gasteiger partial charge in [0, 0.05) is 50.6 Å². The van der Waals surface area contributed by atoms with Crippen molar-refractivity contribution in [2.24, 2.45) is 0 Å². The monoisotopic (exact) mass is 1130 g/mol. The quantitative estimate of drug-likeness (QED) is 0.107. The van der Waals surface area contributed by atoms with Crippen LogP contribution in [-0.4, -0.2) is 0 Å². The molecule has 0 aliphatic heterocycles. The Balaban J connectivity index is 0.991. The number of anilines is 9. The zero-order chi connectivity index (χ0) is 59.0. The smallest absolute Gasteiger partial charge is 0.0540 e. The first-order valence-electron chi connectivity index (χ1n) is 30.6. The van der Waals surface area contributed by atoms with Gasteiger partial charge in [-0.25, -0.2) is 0 Å². The molecular weight excluding hydrogens is 1070 g/mol. The summed E-state index contributed by atoms with van der Waals surface area (Å²) in [6.07, 6.45) is 0. The van der Waals surface area contributed by atoms with Gasteiger partial charge in [0.1, 0.15) is 0 Å². The average molecular weight is 1130 g/mol. The van der Waals surface area contributed by atoms with Crippen LogP contribution in [0.4, 0.5) is 51.2 Å². The third-order valence-electron chi connectivity index (χ3n) is 17.6. The molecule has 0 aliphatic rings. The summed E-state index contributed by atoms with van der Waals surface area (Å²) in [5.41, 5.74) is 19.1. The molecule has 0 saturated heterocycles. The lowest BCUT2D eigenvalue weighted by molar-refractivity contribution is 1.29. The molecule has 0 aliphatic carbocycles. The summed E-state index contributed by atoms with van der Waals surface area (Å²) in [5, 5.41) is 11.9. The highest BCUT2D eigenvalue weighted by molar-refractivity contribution is 6.33. The molecule has 89 heavy (non-hydrogen) atoms. The van der Waals surface area contributed by atoms with Crippen molar-refractivity contribution in [1.82, 2.24) is 0 Å². The van der Waals surface area contributed by atoms with Crippen LogP contribution in [0.25, 0.3) is 98.4 Å². The van der Waals surface area contributed by atoms with Crippen molar-refractivity contribution in [2.45, 2.75) is 0 Å². The van der Waals surface area contributed by atoms with Crippen LogP contribution in [-0.2, 0) is 0 Å². The summed E-state index contributed by atoms with van der Waals surface area (Å²) in [4.78, 5) is 7.17. The highest BCUT2D eigenvalue weighted by Gasteiger charge is 2.25. The standard InChI is InChI=1S/C86H59N3/c1-7-25-60(26-8-1)66-49-55-77-80(57-66)81-58-73(87(67-33-11-3-12-34-67)68-35-13-4-14-36-68)54-56-76(81)85-79(64-45-50-71(51-46-64)88(69-37-15-5-16-38-69)82-43-23-31-61-29-19-21-41-74(61)82)59-78(63-27-9-2-10-28-63)84(86(77)85)65-47-52-72(53-48-65)89(70-39-17-6-18-40-70)83-44-24-32-62-30-20-22-42-75(62)83/h1-59H. The number of para-hydroxylation sites is 4. The maximum Gasteiger partial charge on any atom is 0.0540 e. The lowest BCUT2D eigenvalue weighted by Crippen LogP contribution is -2.10. The molecule has 0 aromatic heterocycles. The molecule has 418 valence electrons. The molecule has 3 nitrogen and oxygen atoms in total. The minimum atomic E-state index is 1.07. The molecule has 0 N–H and O–H groups in total. The Bertz CT molecular complexity index is 5160. The van der Waals surface area contributed by atoms with Crippen LogP contribution in [0.15, 0.2) is 358 Å². The fraction of sp³-hybridized carbons (Fsp3) is 0. The van der Waals surface area contributed by atoms with Crippen molar-refractivity contribution < 1.29 is 0 Å². The second-order valence-corrected chi connectivity index (χ2v) is 22.8. The van der Waals surface area contributed by atoms with E-state index in [-0.39, 0.29) is 0 Å². The molecule has 0 saturated carbocycles. The van der Waals surface area contributed by atoms with Crippen LogP contribution in [0.5, 0.6) is 0 Å². The molecule has 0 spiro atoms. The third-order valence-corrected chi connectivity index (χ3v) is 17.6. The SMILES string of the molecule is c1ccc(-c2ccc3c(c2)c2cc(N(c4ccccc4)c4ccccc4)ccc2c2c(-c4ccc(N(c5ccccc5)c5cccc6ccccc56)cc4)cc(-c4ccccc4)c(-c4ccc(N(c5ccccc5)c5cccc6ccccc56)cc4)c32)cc1. The van der Waals surface area contributed by atoms with E-state index in [2.05, 4.69) is 373 Å². The summed E-state index contributed by atoms with van der Waals surface area (Å²) in [7, 11) is 0. The number of hydrogen-bond acceptors (Lipinski definition) is 3. The Labute approximate surface area is 519 Å². The van der Waals surface area contributed by atoms with Crippen LogP contribution >= 0.6 is 0 Å². The zero-order valence-corrected chi connectivity index (χ0v) is 48.9. The molecule has 0 radical (unpaired) electrons. The van der Waals surface area contributed by atoms with E-state index in [1.807, 2.05) is 0 Å². The minimum absolute atomic E-state index is 1.07. The van der Waals surface area contributed by atoms with E-state index in [1.165, 1.54) is 65.0 Å². The van der Waals surface area contributed by atoms with Gasteiger partial charge in [-0.2, -0.15) is 0 Å². The Morgan fingerprint density at radius 2 is 0.528 bits per heavy atom. The molecular formula is C86H59N3. The zero-order valence-electron chi connectivity index (χ0n) is 48.9. The third kappa shape index (κ3) is 9.68. The van der Waals surface area contributed by atoms with Crippen molar-refractivity contribution in [3.63, 3.8) is 0 Å². The van der Waals surface area contributed by atoms with Gasteiger partial charge in [-0.3, -0.25) is 0 Å². The average Bonchev–Trinajstić information content (AvgIpc) is 0.768. The molecule has 16 aromatic carbocycles. The molecule has 0 atom stereocenters. The van der Waals surface area contributed by atoms with E-state index < -0.39 is 0 Å². The van der Waals surface area contributed by atoms with Gasteiger partial charge in [0.05, 0.1) is 11.4 Å². The van der Waals surface area contributed by atoms with Gasteiger partial charge in [0.25, 0.3) is 0 Å². The normalized spacial score (nSPS) is 11.4. The highest BCUT2D eigenvalue weighted by atomic mass is 15.2. The molecule has 16 rings (SSSR count). The molecule has 0 fully saturated rings. The molecule has 0 unspecified atom stereocenters. The number of benzene rings is 16. The van der Waals surface area contributed by atoms with Crippen LogP contribution in [0, 0.1) is 0 Å². The maximum atomic E-state index is 2.49. The number of fused-ring (bicyclic) bond motifs is 8. The Kier molecular flexibility index (Phi) is 13.6. The topological polar surface area (TPSA) is 9.72 Å². The van der Waals surface area contributed by atoms with Crippen molar-refractivity contribution in [2.75, 3.05) is 14.7 Å². The van der Waals surface area contributed by atoms with E-state index in [0.29, 0.717) is 0 Å². The van der Waals surface area contributed by atoms with Gasteiger partial charge in [-0.1, -0.05) is 249 Å². The summed E-state index contributed by atoms with van der Waals surface area (Å²) in [6, 6.07) is 131. The first kappa shape index (κ1) is 52.7. The summed E-state index contributed by atoms with van der Waals surface area (Å²) in [6.45, 7) is 0. The van der Waals surface area contributed by atoms with Crippen LogP contribution in [0.1, 0.15) is 0 Å². The Hall–Kier alpha value is -11.8. The largest absolute Gasteiger partial charge is 0.310 e. The summed E-state index contributed by atoms with van der Waals surface area (Å²) in [5.74, 6) is 0. The highest BCUT2D eigenvalue weighted by Crippen LogP contribution is 2.52. The summed E-state index contributed by atoms with van der Waals surface area (Å²) >= 11 is 0. The van der Waals surface area contributed by atoms with Crippen molar-refractivity contribution in [3.05, 3.63) is 358 Å². The predicted molar refractivity (Wildman–Crippen MR) is 380 cm³/mol. The number of hydrogen-bond donors (Lipinski definition) is 0. The lowest BCUT2D eigenvalue weighted by Gasteiger charge is -2.28. The maximum absolute atomic E-state index is 2.49. The molecule has 0 bridgehead atoms. The summed E-state index contributed by atoms with van der Waals surface area (Å²) < 4.78 is 0. The Morgan fingerprint density at radius 1 is 0.169 bits per heavy atom. The van der Waals surface area contributed by atoms with Crippen molar-refractivity contribution >= 4 is 105 Å². The Morgan fingerprint density at radius 3 is 1.04 bits per heavy atom. The lowest BCUT2D eigenvalue weighted by atomic mass is 9.81. The predicted octanol–water partition coefficient (Wildman–Crippen LogP) is 24.5. The van der Waals surface area contributed by atoms with E-state index in [0.717, 1.165) is 84.6 Å². The molecule has 0 amide bonds. The first-order chi connectivity index (χ1) is 44.2. The van der Waals surface area contributed by atoms with Crippen LogP contribution < -0.4 is 14.7 Å². The van der Waals surface area contributed by atoms with Gasteiger partial charge in [0.15, 0.2) is 0 Å². The molecule has 3 heteroatoms. The first-order valence-corrected chi connectivity index (χ1v) is 30.6. The number of rotatable bonds is 13. The molecule has 0 heterocycles. The second-order valence-electron chi connectivity index (χ2n) is 22.8. The van der Waals surface area contributed by atoms with Crippen molar-refractivity contribution in [3.8, 4) is 44.5 Å². The minimum Gasteiger partial charge on any atom is -0.310 e. The van der Waals surface area contributed by atoms with Gasteiger partial charge in [-0.05, 0) is 197 Å². The van der Waals surface area contributed by atoms with Gasteiger partial charge >= 0.3 is 0 Å². The fourth-order valence-electron chi connectivity index (χ4n) is 13.5. The molecule has 16 aromatic rings.